The number of para-hydroxylation sites is 1. The van der Waals surface area contributed by atoms with Crippen molar-refractivity contribution in [3.8, 4) is 11.5 Å². The van der Waals surface area contributed by atoms with Crippen LogP contribution in [0.4, 0.5) is 16.2 Å². The number of ether oxygens (including phenoxy) is 2. The van der Waals surface area contributed by atoms with E-state index in [2.05, 4.69) is 0 Å². The number of anilines is 2. The molecule has 7 heteroatoms. The van der Waals surface area contributed by atoms with E-state index in [4.69, 9.17) is 9.47 Å². The number of rotatable bonds is 4. The summed E-state index contributed by atoms with van der Waals surface area (Å²) in [6.45, 7) is 6.06. The van der Waals surface area contributed by atoms with Gasteiger partial charge in [0.2, 0.25) is 0 Å². The second kappa shape index (κ2) is 8.03. The molecule has 1 aliphatic rings. The van der Waals surface area contributed by atoms with E-state index in [1.807, 2.05) is 32.9 Å². The summed E-state index contributed by atoms with van der Waals surface area (Å²) in [6, 6.07) is 8.52. The van der Waals surface area contributed by atoms with Gasteiger partial charge in [-0.1, -0.05) is 13.0 Å². The quantitative estimate of drug-likeness (QED) is 0.833. The molecule has 0 saturated carbocycles. The molecule has 2 aromatic carbocycles. The number of methoxy groups -OCH3 is 2. The Morgan fingerprint density at radius 2 is 1.76 bits per heavy atom. The normalized spacial score (nSPS) is 15.7. The van der Waals surface area contributed by atoms with Crippen molar-refractivity contribution in [3.63, 3.8) is 0 Å². The molecule has 1 heterocycles. The highest BCUT2D eigenvalue weighted by Crippen LogP contribution is 2.41. The standard InChI is InChI=1S/C22H26N2O5/c1-6-15-12-23(21(25)16-8-7-9-19(28-4)20(16)29-5)17-10-13(2)14(3)11-18(17)24(15)22(26)27/h7-11,15H,6,12H2,1-5H3,(H,26,27). The SMILES string of the molecule is CCC1CN(C(=O)c2cccc(OC)c2OC)c2cc(C)c(C)cc2N1C(=O)O. The van der Waals surface area contributed by atoms with Gasteiger partial charge in [0.25, 0.3) is 5.91 Å². The number of fused-ring (bicyclic) bond motifs is 1. The largest absolute Gasteiger partial charge is 0.493 e. The molecular weight excluding hydrogens is 372 g/mol. The van der Waals surface area contributed by atoms with Crippen LogP contribution in [0.25, 0.3) is 0 Å². The third-order valence-electron chi connectivity index (χ3n) is 5.46. The molecule has 0 aliphatic carbocycles. The lowest BCUT2D eigenvalue weighted by atomic mass is 9.99. The Kier molecular flexibility index (Phi) is 5.68. The summed E-state index contributed by atoms with van der Waals surface area (Å²) in [5.41, 5.74) is 3.43. The van der Waals surface area contributed by atoms with Crippen LogP contribution in [0.15, 0.2) is 30.3 Å². The Labute approximate surface area is 170 Å². The van der Waals surface area contributed by atoms with E-state index in [0.717, 1.165) is 11.1 Å². The number of carbonyl (C=O) groups is 2. The summed E-state index contributed by atoms with van der Waals surface area (Å²) in [7, 11) is 3.01. The van der Waals surface area contributed by atoms with Crippen molar-refractivity contribution in [2.75, 3.05) is 30.6 Å². The van der Waals surface area contributed by atoms with Crippen LogP contribution in [-0.2, 0) is 0 Å². The number of hydrogen-bond acceptors (Lipinski definition) is 4. The fourth-order valence-electron chi connectivity index (χ4n) is 3.75. The van der Waals surface area contributed by atoms with Crippen molar-refractivity contribution in [2.45, 2.75) is 33.2 Å². The third kappa shape index (κ3) is 3.48. The fraction of sp³-hybridized carbons (Fsp3) is 0.364. The molecule has 0 bridgehead atoms. The molecule has 154 valence electrons. The van der Waals surface area contributed by atoms with E-state index in [0.29, 0.717) is 34.9 Å². The maximum Gasteiger partial charge on any atom is 0.412 e. The summed E-state index contributed by atoms with van der Waals surface area (Å²) in [5.74, 6) is 0.572. The lowest BCUT2D eigenvalue weighted by Crippen LogP contribution is -2.52. The molecule has 0 spiro atoms. The first kappa shape index (κ1) is 20.5. The number of amides is 2. The number of benzene rings is 2. The zero-order valence-corrected chi connectivity index (χ0v) is 17.4. The smallest absolute Gasteiger partial charge is 0.412 e. The molecule has 0 saturated heterocycles. The summed E-state index contributed by atoms with van der Waals surface area (Å²) in [4.78, 5) is 28.6. The lowest BCUT2D eigenvalue weighted by Gasteiger charge is -2.41. The van der Waals surface area contributed by atoms with Crippen LogP contribution in [0.2, 0.25) is 0 Å². The summed E-state index contributed by atoms with van der Waals surface area (Å²) >= 11 is 0. The highest BCUT2D eigenvalue weighted by Gasteiger charge is 2.37. The van der Waals surface area contributed by atoms with Gasteiger partial charge < -0.3 is 19.5 Å². The van der Waals surface area contributed by atoms with E-state index in [1.54, 1.807) is 23.1 Å². The van der Waals surface area contributed by atoms with Gasteiger partial charge in [0.05, 0.1) is 37.2 Å². The highest BCUT2D eigenvalue weighted by molar-refractivity contribution is 6.12. The van der Waals surface area contributed by atoms with Gasteiger partial charge in [-0.05, 0) is 55.7 Å². The molecular formula is C22H26N2O5. The predicted molar refractivity (Wildman–Crippen MR) is 112 cm³/mol. The minimum absolute atomic E-state index is 0.256. The van der Waals surface area contributed by atoms with Crippen molar-refractivity contribution in [2.24, 2.45) is 0 Å². The Morgan fingerprint density at radius 1 is 1.10 bits per heavy atom. The van der Waals surface area contributed by atoms with Crippen molar-refractivity contribution >= 4 is 23.4 Å². The molecule has 1 unspecified atom stereocenters. The van der Waals surface area contributed by atoms with Crippen LogP contribution in [0.5, 0.6) is 11.5 Å². The molecule has 2 aromatic rings. The van der Waals surface area contributed by atoms with E-state index < -0.39 is 6.09 Å². The maximum atomic E-state index is 13.6. The van der Waals surface area contributed by atoms with Crippen LogP contribution in [0.1, 0.15) is 34.8 Å². The molecule has 29 heavy (non-hydrogen) atoms. The van der Waals surface area contributed by atoms with Crippen LogP contribution >= 0.6 is 0 Å². The number of carbonyl (C=O) groups excluding carboxylic acids is 1. The van der Waals surface area contributed by atoms with E-state index >= 15 is 0 Å². The molecule has 0 radical (unpaired) electrons. The van der Waals surface area contributed by atoms with Gasteiger partial charge in [-0.2, -0.15) is 0 Å². The number of aryl methyl sites for hydroxylation is 2. The molecule has 1 N–H and O–H groups in total. The highest BCUT2D eigenvalue weighted by atomic mass is 16.5. The van der Waals surface area contributed by atoms with Crippen molar-refractivity contribution in [3.05, 3.63) is 47.0 Å². The Bertz CT molecular complexity index is 956. The minimum Gasteiger partial charge on any atom is -0.493 e. The summed E-state index contributed by atoms with van der Waals surface area (Å²) in [5, 5.41) is 9.83. The van der Waals surface area contributed by atoms with Gasteiger partial charge in [-0.25, -0.2) is 4.79 Å². The zero-order valence-electron chi connectivity index (χ0n) is 17.4. The second-order valence-electron chi connectivity index (χ2n) is 7.10. The third-order valence-corrected chi connectivity index (χ3v) is 5.46. The first-order valence-corrected chi connectivity index (χ1v) is 9.50. The molecule has 0 aromatic heterocycles. The monoisotopic (exact) mass is 398 g/mol. The first-order valence-electron chi connectivity index (χ1n) is 9.50. The lowest BCUT2D eigenvalue weighted by molar-refractivity contribution is 0.0979. The molecule has 1 atom stereocenters. The first-order chi connectivity index (χ1) is 13.8. The van der Waals surface area contributed by atoms with Gasteiger partial charge in [0.15, 0.2) is 11.5 Å². The summed E-state index contributed by atoms with van der Waals surface area (Å²) in [6.07, 6.45) is -0.440. The van der Waals surface area contributed by atoms with Crippen LogP contribution in [-0.4, -0.2) is 43.9 Å². The van der Waals surface area contributed by atoms with Crippen molar-refractivity contribution in [1.82, 2.24) is 0 Å². The maximum absolute atomic E-state index is 13.6. The fourth-order valence-corrected chi connectivity index (χ4v) is 3.75. The molecule has 2 amide bonds. The minimum atomic E-state index is -1.02. The zero-order chi connectivity index (χ0) is 21.3. The molecule has 0 fully saturated rings. The van der Waals surface area contributed by atoms with E-state index in [1.165, 1.54) is 19.1 Å². The van der Waals surface area contributed by atoms with Crippen molar-refractivity contribution in [1.29, 1.82) is 0 Å². The number of nitrogens with zero attached hydrogens (tertiary/aromatic N) is 2. The average molecular weight is 398 g/mol. The molecule has 3 rings (SSSR count). The van der Waals surface area contributed by atoms with Gasteiger partial charge in [-0.15, -0.1) is 0 Å². The van der Waals surface area contributed by atoms with Gasteiger partial charge in [0.1, 0.15) is 0 Å². The number of hydrogen-bond donors (Lipinski definition) is 1. The number of carboxylic acid groups (broad SMARTS) is 1. The Morgan fingerprint density at radius 3 is 2.31 bits per heavy atom. The van der Waals surface area contributed by atoms with E-state index in [-0.39, 0.29) is 18.5 Å². The van der Waals surface area contributed by atoms with E-state index in [9.17, 15) is 14.7 Å². The molecule has 1 aliphatic heterocycles. The van der Waals surface area contributed by atoms with Crippen LogP contribution in [0.3, 0.4) is 0 Å². The Balaban J connectivity index is 2.18. The molecule has 7 nitrogen and oxygen atoms in total. The topological polar surface area (TPSA) is 79.3 Å². The predicted octanol–water partition coefficient (Wildman–Crippen LogP) is 4.24. The second-order valence-corrected chi connectivity index (χ2v) is 7.10. The Hall–Kier alpha value is -3.22. The van der Waals surface area contributed by atoms with Gasteiger partial charge >= 0.3 is 6.09 Å². The van der Waals surface area contributed by atoms with Crippen LogP contribution in [0, 0.1) is 13.8 Å². The van der Waals surface area contributed by atoms with Gasteiger partial charge in [0, 0.05) is 6.54 Å². The van der Waals surface area contributed by atoms with Crippen LogP contribution < -0.4 is 19.3 Å². The van der Waals surface area contributed by atoms with Gasteiger partial charge in [-0.3, -0.25) is 9.69 Å². The average Bonchev–Trinajstić information content (AvgIpc) is 2.72. The summed E-state index contributed by atoms with van der Waals surface area (Å²) < 4.78 is 10.8. The van der Waals surface area contributed by atoms with Crippen molar-refractivity contribution < 1.29 is 24.2 Å².